The van der Waals surface area contributed by atoms with Crippen LogP contribution in [0.25, 0.3) is 0 Å². The predicted molar refractivity (Wildman–Crippen MR) is 61.0 cm³/mol. The summed E-state index contributed by atoms with van der Waals surface area (Å²) in [5, 5.41) is 8.60. The quantitative estimate of drug-likeness (QED) is 0.320. The fraction of sp³-hybridized carbons (Fsp3) is 0.750. The highest BCUT2D eigenvalue weighted by atomic mass is 15.1. The molecule has 0 heterocycles. The van der Waals surface area contributed by atoms with Gasteiger partial charge in [-0.3, -0.25) is 4.90 Å². The van der Waals surface area contributed by atoms with Gasteiger partial charge >= 0.3 is 0 Å². The van der Waals surface area contributed by atoms with Crippen molar-refractivity contribution in [2.45, 2.75) is 39.0 Å². The maximum absolute atomic E-state index is 8.60. The summed E-state index contributed by atoms with van der Waals surface area (Å²) in [6.07, 6.45) is 7.91. The molecule has 0 amide bonds. The first kappa shape index (κ1) is 13.2. The first-order chi connectivity index (χ1) is 6.85. The lowest BCUT2D eigenvalue weighted by Crippen LogP contribution is -2.26. The van der Waals surface area contributed by atoms with E-state index < -0.39 is 0 Å². The van der Waals surface area contributed by atoms with E-state index in [2.05, 4.69) is 24.5 Å². The van der Waals surface area contributed by atoms with Crippen LogP contribution in [0.1, 0.15) is 39.0 Å². The lowest BCUT2D eigenvalue weighted by molar-refractivity contribution is 0.298. The van der Waals surface area contributed by atoms with E-state index >= 15 is 0 Å². The molecule has 0 radical (unpaired) electrons. The van der Waals surface area contributed by atoms with Gasteiger partial charge in [-0.2, -0.15) is 5.26 Å². The lowest BCUT2D eigenvalue weighted by Gasteiger charge is -2.17. The third-order valence-electron chi connectivity index (χ3n) is 2.22. The smallest absolute Gasteiger partial charge is 0.0865 e. The second kappa shape index (κ2) is 10.3. The van der Waals surface area contributed by atoms with Crippen LogP contribution >= 0.6 is 0 Å². The number of hydrogen-bond acceptors (Lipinski definition) is 2. The fourth-order valence-electron chi connectivity index (χ4n) is 1.49. The van der Waals surface area contributed by atoms with Crippen molar-refractivity contribution in [2.24, 2.45) is 0 Å². The predicted octanol–water partition coefficient (Wildman–Crippen LogP) is 2.97. The average molecular weight is 194 g/mol. The van der Waals surface area contributed by atoms with Gasteiger partial charge in [0, 0.05) is 0 Å². The molecule has 0 N–H and O–H groups in total. The van der Waals surface area contributed by atoms with Gasteiger partial charge in [0.2, 0.25) is 0 Å². The molecule has 0 bridgehead atoms. The molecule has 0 aromatic carbocycles. The molecule has 0 spiro atoms. The summed E-state index contributed by atoms with van der Waals surface area (Å²) in [5.41, 5.74) is 0. The van der Waals surface area contributed by atoms with Crippen LogP contribution in [-0.2, 0) is 0 Å². The number of allylic oxidation sites excluding steroid dienone is 1. The minimum Gasteiger partial charge on any atom is -0.291 e. The molecule has 0 saturated carbocycles. The zero-order valence-electron chi connectivity index (χ0n) is 9.34. The van der Waals surface area contributed by atoms with Crippen LogP contribution in [0.4, 0.5) is 0 Å². The largest absolute Gasteiger partial charge is 0.291 e. The maximum atomic E-state index is 8.60. The van der Waals surface area contributed by atoms with E-state index in [1.807, 2.05) is 6.08 Å². The molecule has 0 unspecified atom stereocenters. The van der Waals surface area contributed by atoms with Gasteiger partial charge in [-0.05, 0) is 38.8 Å². The standard InChI is InChI=1S/C12H22N2/c1-3-5-6-7-8-11-14(10-4-2)12-9-13/h3H,1,4-8,10-12H2,2H3. The molecular weight excluding hydrogens is 172 g/mol. The SMILES string of the molecule is C=CCCCCCN(CC#N)CCC. The Morgan fingerprint density at radius 3 is 2.64 bits per heavy atom. The molecule has 80 valence electrons. The van der Waals surface area contributed by atoms with Crippen LogP contribution in [-0.4, -0.2) is 24.5 Å². The van der Waals surface area contributed by atoms with Gasteiger partial charge in [0.1, 0.15) is 0 Å². The first-order valence-electron chi connectivity index (χ1n) is 5.55. The molecule has 0 aliphatic rings. The summed E-state index contributed by atoms with van der Waals surface area (Å²) in [5.74, 6) is 0. The van der Waals surface area contributed by atoms with Crippen LogP contribution in [0.15, 0.2) is 12.7 Å². The van der Waals surface area contributed by atoms with Crippen molar-refractivity contribution < 1.29 is 0 Å². The fourth-order valence-corrected chi connectivity index (χ4v) is 1.49. The van der Waals surface area contributed by atoms with E-state index in [-0.39, 0.29) is 0 Å². The van der Waals surface area contributed by atoms with E-state index in [4.69, 9.17) is 5.26 Å². The summed E-state index contributed by atoms with van der Waals surface area (Å²) in [4.78, 5) is 2.23. The normalized spacial score (nSPS) is 10.1. The Morgan fingerprint density at radius 1 is 1.29 bits per heavy atom. The Kier molecular flexibility index (Phi) is 9.68. The van der Waals surface area contributed by atoms with Crippen LogP contribution in [0, 0.1) is 11.3 Å². The third-order valence-corrected chi connectivity index (χ3v) is 2.22. The molecule has 2 nitrogen and oxygen atoms in total. The van der Waals surface area contributed by atoms with Crippen molar-refractivity contribution in [2.75, 3.05) is 19.6 Å². The molecule has 0 aliphatic heterocycles. The molecule has 2 heteroatoms. The minimum absolute atomic E-state index is 0.579. The number of hydrogen-bond donors (Lipinski definition) is 0. The van der Waals surface area contributed by atoms with Crippen LogP contribution < -0.4 is 0 Å². The van der Waals surface area contributed by atoms with Gasteiger partial charge in [0.15, 0.2) is 0 Å². The molecule has 0 saturated heterocycles. The molecule has 0 aliphatic carbocycles. The molecule has 0 aromatic rings. The van der Waals surface area contributed by atoms with E-state index in [0.29, 0.717) is 6.54 Å². The topological polar surface area (TPSA) is 27.0 Å². The van der Waals surface area contributed by atoms with Gasteiger partial charge in [-0.25, -0.2) is 0 Å². The highest BCUT2D eigenvalue weighted by Crippen LogP contribution is 2.02. The monoisotopic (exact) mass is 194 g/mol. The van der Waals surface area contributed by atoms with Crippen molar-refractivity contribution >= 4 is 0 Å². The molecular formula is C12H22N2. The second-order valence-corrected chi connectivity index (χ2v) is 3.57. The van der Waals surface area contributed by atoms with Gasteiger partial charge < -0.3 is 0 Å². The van der Waals surface area contributed by atoms with Crippen molar-refractivity contribution in [3.8, 4) is 6.07 Å². The zero-order valence-corrected chi connectivity index (χ0v) is 9.34. The van der Waals surface area contributed by atoms with Gasteiger partial charge in [-0.15, -0.1) is 6.58 Å². The Hall–Kier alpha value is -0.810. The zero-order chi connectivity index (χ0) is 10.6. The number of nitriles is 1. The van der Waals surface area contributed by atoms with Crippen molar-refractivity contribution in [3.63, 3.8) is 0 Å². The van der Waals surface area contributed by atoms with E-state index in [1.54, 1.807) is 0 Å². The van der Waals surface area contributed by atoms with Crippen LogP contribution in [0.2, 0.25) is 0 Å². The van der Waals surface area contributed by atoms with E-state index in [1.165, 1.54) is 19.3 Å². The summed E-state index contributed by atoms with van der Waals surface area (Å²) in [7, 11) is 0. The Balaban J connectivity index is 3.40. The summed E-state index contributed by atoms with van der Waals surface area (Å²) >= 11 is 0. The molecule has 0 fully saturated rings. The lowest BCUT2D eigenvalue weighted by atomic mass is 10.2. The number of nitrogens with zero attached hydrogens (tertiary/aromatic N) is 2. The summed E-state index contributed by atoms with van der Waals surface area (Å²) in [6.45, 7) is 8.55. The minimum atomic E-state index is 0.579. The van der Waals surface area contributed by atoms with Crippen molar-refractivity contribution in [1.29, 1.82) is 5.26 Å². The summed E-state index contributed by atoms with van der Waals surface area (Å²) in [6, 6.07) is 2.21. The maximum Gasteiger partial charge on any atom is 0.0865 e. The third kappa shape index (κ3) is 7.82. The van der Waals surface area contributed by atoms with E-state index in [9.17, 15) is 0 Å². The van der Waals surface area contributed by atoms with Gasteiger partial charge in [-0.1, -0.05) is 19.4 Å². The summed E-state index contributed by atoms with van der Waals surface area (Å²) < 4.78 is 0. The van der Waals surface area contributed by atoms with Gasteiger partial charge in [0.05, 0.1) is 12.6 Å². The Labute approximate surface area is 88.2 Å². The second-order valence-electron chi connectivity index (χ2n) is 3.57. The molecule has 14 heavy (non-hydrogen) atoms. The van der Waals surface area contributed by atoms with Crippen molar-refractivity contribution in [1.82, 2.24) is 4.90 Å². The Bertz CT molecular complexity index is 170. The first-order valence-corrected chi connectivity index (χ1v) is 5.55. The molecule has 0 aromatic heterocycles. The molecule has 0 atom stereocenters. The highest BCUT2D eigenvalue weighted by molar-refractivity contribution is 4.76. The van der Waals surface area contributed by atoms with Gasteiger partial charge in [0.25, 0.3) is 0 Å². The van der Waals surface area contributed by atoms with Crippen molar-refractivity contribution in [3.05, 3.63) is 12.7 Å². The number of unbranched alkanes of at least 4 members (excludes halogenated alkanes) is 3. The van der Waals surface area contributed by atoms with Crippen LogP contribution in [0.5, 0.6) is 0 Å². The van der Waals surface area contributed by atoms with Crippen LogP contribution in [0.3, 0.4) is 0 Å². The Morgan fingerprint density at radius 2 is 2.07 bits per heavy atom. The highest BCUT2D eigenvalue weighted by Gasteiger charge is 2.01. The number of rotatable bonds is 9. The average Bonchev–Trinajstić information content (AvgIpc) is 2.18. The molecule has 0 rings (SSSR count). The van der Waals surface area contributed by atoms with E-state index in [0.717, 1.165) is 25.9 Å².